The first-order valence-corrected chi connectivity index (χ1v) is 3.52. The second-order valence-electron chi connectivity index (χ2n) is 2.41. The van der Waals surface area contributed by atoms with E-state index in [1.807, 2.05) is 18.2 Å². The highest BCUT2D eigenvalue weighted by Gasteiger charge is 1.83. The van der Waals surface area contributed by atoms with Crippen LogP contribution in [0.25, 0.3) is 6.08 Å². The summed E-state index contributed by atoms with van der Waals surface area (Å²) in [5, 5.41) is 0. The van der Waals surface area contributed by atoms with Crippen LogP contribution < -0.4 is 0 Å². The number of aryl methyl sites for hydroxylation is 1. The lowest BCUT2D eigenvalue weighted by Crippen LogP contribution is -1.72. The number of terminal acetylenes is 1. The summed E-state index contributed by atoms with van der Waals surface area (Å²) in [5.74, 6) is 2.45. The fourth-order valence-corrected chi connectivity index (χ4v) is 0.822. The van der Waals surface area contributed by atoms with Crippen molar-refractivity contribution in [1.29, 1.82) is 0 Å². The molecule has 0 amide bonds. The predicted molar refractivity (Wildman–Crippen MR) is 49.0 cm³/mol. The summed E-state index contributed by atoms with van der Waals surface area (Å²) in [4.78, 5) is 0. The highest BCUT2D eigenvalue weighted by atomic mass is 13.9. The van der Waals surface area contributed by atoms with Crippen LogP contribution in [0.3, 0.4) is 0 Å². The van der Waals surface area contributed by atoms with E-state index in [1.165, 1.54) is 5.56 Å². The first-order chi connectivity index (χ1) is 5.33. The summed E-state index contributed by atoms with van der Waals surface area (Å²) in [6.07, 6.45) is 8.68. The van der Waals surface area contributed by atoms with Gasteiger partial charge in [0.1, 0.15) is 0 Å². The van der Waals surface area contributed by atoms with Gasteiger partial charge in [-0.3, -0.25) is 0 Å². The average Bonchev–Trinajstić information content (AvgIpc) is 2.04. The van der Waals surface area contributed by atoms with Crippen molar-refractivity contribution in [3.63, 3.8) is 0 Å². The van der Waals surface area contributed by atoms with E-state index in [1.54, 1.807) is 6.08 Å². The molecule has 0 heteroatoms. The van der Waals surface area contributed by atoms with Crippen molar-refractivity contribution in [2.75, 3.05) is 0 Å². The van der Waals surface area contributed by atoms with Gasteiger partial charge in [-0.15, -0.1) is 6.42 Å². The molecule has 0 saturated carbocycles. The van der Waals surface area contributed by atoms with Gasteiger partial charge in [0.05, 0.1) is 0 Å². The zero-order valence-electron chi connectivity index (χ0n) is 6.54. The monoisotopic (exact) mass is 142 g/mol. The summed E-state index contributed by atoms with van der Waals surface area (Å²) in [6, 6.07) is 8.22. The van der Waals surface area contributed by atoms with E-state index < -0.39 is 0 Å². The van der Waals surface area contributed by atoms with E-state index in [9.17, 15) is 0 Å². The molecule has 54 valence electrons. The van der Waals surface area contributed by atoms with Crippen LogP contribution >= 0.6 is 0 Å². The molecular weight excluding hydrogens is 132 g/mol. The molecule has 0 aliphatic rings. The van der Waals surface area contributed by atoms with Crippen molar-refractivity contribution in [3.05, 3.63) is 41.5 Å². The van der Waals surface area contributed by atoms with Gasteiger partial charge in [-0.25, -0.2) is 0 Å². The maximum absolute atomic E-state index is 5.07. The van der Waals surface area contributed by atoms with Gasteiger partial charge in [0, 0.05) is 0 Å². The Hall–Kier alpha value is -1.48. The fraction of sp³-hybridized carbons (Fsp3) is 0.0909. The molecule has 0 nitrogen and oxygen atoms in total. The molecule has 0 radical (unpaired) electrons. The number of rotatable bonds is 1. The number of benzene rings is 1. The van der Waals surface area contributed by atoms with Crippen LogP contribution in [0.2, 0.25) is 0 Å². The van der Waals surface area contributed by atoms with Gasteiger partial charge in [-0.05, 0) is 24.6 Å². The third-order valence-corrected chi connectivity index (χ3v) is 1.45. The van der Waals surface area contributed by atoms with Crippen molar-refractivity contribution in [2.24, 2.45) is 0 Å². The predicted octanol–water partition coefficient (Wildman–Crippen LogP) is 2.64. The zero-order valence-corrected chi connectivity index (χ0v) is 6.54. The number of allylic oxidation sites excluding steroid dienone is 1. The largest absolute Gasteiger partial charge is 0.115 e. The standard InChI is InChI=1S/C11H10/c1-3-4-5-11-8-6-10(2)7-9-11/h1,4-9H,2H3/b5-4-. The molecule has 0 fully saturated rings. The third-order valence-electron chi connectivity index (χ3n) is 1.45. The molecule has 0 saturated heterocycles. The normalized spacial score (nSPS) is 9.82. The summed E-state index contributed by atoms with van der Waals surface area (Å²) >= 11 is 0. The SMILES string of the molecule is C#C/C=C\c1ccc(C)cc1. The Morgan fingerprint density at radius 1 is 1.27 bits per heavy atom. The molecule has 1 aromatic rings. The Morgan fingerprint density at radius 3 is 2.45 bits per heavy atom. The quantitative estimate of drug-likeness (QED) is 0.529. The first kappa shape index (κ1) is 7.63. The summed E-state index contributed by atoms with van der Waals surface area (Å²) in [6.45, 7) is 2.06. The van der Waals surface area contributed by atoms with Gasteiger partial charge in [-0.1, -0.05) is 35.7 Å². The topological polar surface area (TPSA) is 0 Å². The summed E-state index contributed by atoms with van der Waals surface area (Å²) < 4.78 is 0. The lowest BCUT2D eigenvalue weighted by Gasteiger charge is -1.92. The van der Waals surface area contributed by atoms with Gasteiger partial charge < -0.3 is 0 Å². The maximum atomic E-state index is 5.07. The molecule has 0 aromatic heterocycles. The van der Waals surface area contributed by atoms with E-state index in [0.29, 0.717) is 0 Å². The third kappa shape index (κ3) is 2.31. The van der Waals surface area contributed by atoms with Gasteiger partial charge in [-0.2, -0.15) is 0 Å². The van der Waals surface area contributed by atoms with Gasteiger partial charge >= 0.3 is 0 Å². The molecule has 0 aliphatic carbocycles. The van der Waals surface area contributed by atoms with Crippen LogP contribution in [-0.2, 0) is 0 Å². The average molecular weight is 142 g/mol. The second-order valence-corrected chi connectivity index (χ2v) is 2.41. The first-order valence-electron chi connectivity index (χ1n) is 3.52. The molecule has 0 heterocycles. The van der Waals surface area contributed by atoms with Crippen LogP contribution in [0.5, 0.6) is 0 Å². The van der Waals surface area contributed by atoms with Crippen molar-refractivity contribution in [1.82, 2.24) is 0 Å². The van der Waals surface area contributed by atoms with Gasteiger partial charge in [0.2, 0.25) is 0 Å². The molecular formula is C11H10. The molecule has 0 N–H and O–H groups in total. The number of hydrogen-bond acceptors (Lipinski definition) is 0. The van der Waals surface area contributed by atoms with Crippen LogP contribution in [0.1, 0.15) is 11.1 Å². The van der Waals surface area contributed by atoms with Crippen molar-refractivity contribution >= 4 is 6.08 Å². The summed E-state index contributed by atoms with van der Waals surface area (Å²) in [5.41, 5.74) is 2.41. The fourth-order valence-electron chi connectivity index (χ4n) is 0.822. The molecule has 11 heavy (non-hydrogen) atoms. The Morgan fingerprint density at radius 2 is 1.91 bits per heavy atom. The molecule has 1 rings (SSSR count). The maximum Gasteiger partial charge on any atom is -0.0116 e. The Kier molecular flexibility index (Phi) is 2.52. The van der Waals surface area contributed by atoms with Crippen LogP contribution in [0, 0.1) is 19.3 Å². The van der Waals surface area contributed by atoms with Gasteiger partial charge in [0.15, 0.2) is 0 Å². The lowest BCUT2D eigenvalue weighted by molar-refractivity contribution is 1.46. The summed E-state index contributed by atoms with van der Waals surface area (Å²) in [7, 11) is 0. The van der Waals surface area contributed by atoms with Gasteiger partial charge in [0.25, 0.3) is 0 Å². The highest BCUT2D eigenvalue weighted by molar-refractivity contribution is 5.52. The van der Waals surface area contributed by atoms with Crippen molar-refractivity contribution in [3.8, 4) is 12.3 Å². The molecule has 0 aliphatic heterocycles. The molecule has 0 spiro atoms. The molecule has 0 atom stereocenters. The van der Waals surface area contributed by atoms with E-state index in [0.717, 1.165) is 5.56 Å². The Bertz CT molecular complexity index is 283. The number of hydrogen-bond donors (Lipinski definition) is 0. The van der Waals surface area contributed by atoms with Crippen LogP contribution in [0.15, 0.2) is 30.3 Å². The van der Waals surface area contributed by atoms with Crippen molar-refractivity contribution < 1.29 is 0 Å². The highest BCUT2D eigenvalue weighted by Crippen LogP contribution is 2.04. The van der Waals surface area contributed by atoms with Crippen molar-refractivity contribution in [2.45, 2.75) is 6.92 Å². The lowest BCUT2D eigenvalue weighted by atomic mass is 10.1. The minimum Gasteiger partial charge on any atom is -0.115 e. The molecule has 0 bridgehead atoms. The van der Waals surface area contributed by atoms with E-state index >= 15 is 0 Å². The van der Waals surface area contributed by atoms with E-state index in [4.69, 9.17) is 6.42 Å². The van der Waals surface area contributed by atoms with Crippen LogP contribution in [0.4, 0.5) is 0 Å². The molecule has 1 aromatic carbocycles. The van der Waals surface area contributed by atoms with E-state index in [2.05, 4.69) is 25.0 Å². The Labute approximate surface area is 67.6 Å². The minimum absolute atomic E-state index is 1.15. The zero-order chi connectivity index (χ0) is 8.10. The minimum atomic E-state index is 1.15. The smallest absolute Gasteiger partial charge is 0.0116 e. The van der Waals surface area contributed by atoms with E-state index in [-0.39, 0.29) is 0 Å². The van der Waals surface area contributed by atoms with Crippen LogP contribution in [-0.4, -0.2) is 0 Å². The molecule has 0 unspecified atom stereocenters. The Balaban J connectivity index is 2.84. The second kappa shape index (κ2) is 3.63.